The molecule has 2 atom stereocenters. The van der Waals surface area contributed by atoms with Crippen LogP contribution in [-0.4, -0.2) is 41.5 Å². The summed E-state index contributed by atoms with van der Waals surface area (Å²) in [6, 6.07) is 8.40. The number of H-pyrrole nitrogens is 1. The maximum absolute atomic E-state index is 12.9. The van der Waals surface area contributed by atoms with Crippen molar-refractivity contribution in [3.63, 3.8) is 0 Å². The molecule has 4 rings (SSSR count). The van der Waals surface area contributed by atoms with Crippen molar-refractivity contribution >= 4 is 16.8 Å². The van der Waals surface area contributed by atoms with E-state index in [0.717, 1.165) is 42.5 Å². The quantitative estimate of drug-likeness (QED) is 0.832. The van der Waals surface area contributed by atoms with E-state index in [0.29, 0.717) is 12.0 Å². The highest BCUT2D eigenvalue weighted by atomic mass is 16.2. The summed E-state index contributed by atoms with van der Waals surface area (Å²) in [4.78, 5) is 18.2. The van der Waals surface area contributed by atoms with Gasteiger partial charge in [0.2, 0.25) is 0 Å². The second kappa shape index (κ2) is 4.63. The van der Waals surface area contributed by atoms with Crippen LogP contribution in [0.25, 0.3) is 10.9 Å². The lowest BCUT2D eigenvalue weighted by molar-refractivity contribution is 0.0577. The van der Waals surface area contributed by atoms with Gasteiger partial charge in [0.15, 0.2) is 0 Å². The molecule has 2 unspecified atom stereocenters. The van der Waals surface area contributed by atoms with E-state index in [-0.39, 0.29) is 5.91 Å². The predicted octanol–water partition coefficient (Wildman–Crippen LogP) is 1.99. The topological polar surface area (TPSA) is 48.1 Å². The number of para-hydroxylation sites is 1. The summed E-state index contributed by atoms with van der Waals surface area (Å²) in [6.45, 7) is 2.89. The minimum atomic E-state index is 0.181. The van der Waals surface area contributed by atoms with E-state index in [2.05, 4.69) is 15.2 Å². The number of fused-ring (bicyclic) bond motifs is 2. The Labute approximate surface area is 118 Å². The van der Waals surface area contributed by atoms with E-state index in [1.165, 1.54) is 6.42 Å². The number of hydrogen-bond donors (Lipinski definition) is 2. The number of amides is 1. The molecule has 0 spiro atoms. The molecule has 0 radical (unpaired) electrons. The Morgan fingerprint density at radius 2 is 2.15 bits per heavy atom. The van der Waals surface area contributed by atoms with E-state index in [1.807, 2.05) is 30.5 Å². The molecule has 1 aromatic carbocycles. The molecular formula is C16H19N3O. The molecule has 0 bridgehead atoms. The highest BCUT2D eigenvalue weighted by molar-refractivity contribution is 6.06. The second-order valence-corrected chi connectivity index (χ2v) is 5.87. The molecule has 2 aliphatic heterocycles. The number of aromatic amines is 1. The Bertz CT molecular complexity index is 648. The Kier molecular flexibility index (Phi) is 2.77. The summed E-state index contributed by atoms with van der Waals surface area (Å²) in [5.41, 5.74) is 1.85. The number of likely N-dealkylation sites (tertiary alicyclic amines) is 1. The first kappa shape index (κ1) is 12.0. The van der Waals surface area contributed by atoms with Gasteiger partial charge in [0.25, 0.3) is 5.91 Å². The van der Waals surface area contributed by atoms with Gasteiger partial charge in [-0.05, 0) is 24.8 Å². The Balaban J connectivity index is 1.69. The van der Waals surface area contributed by atoms with Crippen LogP contribution in [0.1, 0.15) is 23.2 Å². The third kappa shape index (κ3) is 1.75. The van der Waals surface area contributed by atoms with Crippen LogP contribution in [0.5, 0.6) is 0 Å². The smallest absolute Gasteiger partial charge is 0.256 e. The zero-order valence-corrected chi connectivity index (χ0v) is 11.4. The maximum Gasteiger partial charge on any atom is 0.256 e. The average Bonchev–Trinajstić information content (AvgIpc) is 3.12. The first-order valence-corrected chi connectivity index (χ1v) is 7.42. The minimum Gasteiger partial charge on any atom is -0.360 e. The monoisotopic (exact) mass is 269 g/mol. The Morgan fingerprint density at radius 3 is 3.10 bits per heavy atom. The molecule has 4 nitrogen and oxygen atoms in total. The zero-order chi connectivity index (χ0) is 13.5. The van der Waals surface area contributed by atoms with Crippen LogP contribution in [0.15, 0.2) is 30.5 Å². The van der Waals surface area contributed by atoms with Gasteiger partial charge >= 0.3 is 0 Å². The summed E-state index contributed by atoms with van der Waals surface area (Å²) < 4.78 is 0. The van der Waals surface area contributed by atoms with Crippen molar-refractivity contribution in [2.45, 2.75) is 18.9 Å². The number of nitrogens with zero attached hydrogens (tertiary/aromatic N) is 1. The summed E-state index contributed by atoms with van der Waals surface area (Å²) in [5, 5.41) is 4.46. The summed E-state index contributed by atoms with van der Waals surface area (Å²) in [7, 11) is 0. The lowest BCUT2D eigenvalue weighted by atomic mass is 9.91. The van der Waals surface area contributed by atoms with Gasteiger partial charge in [-0.3, -0.25) is 4.79 Å². The number of piperidine rings is 1. The summed E-state index contributed by atoms with van der Waals surface area (Å²) in [5.74, 6) is 0.818. The van der Waals surface area contributed by atoms with Gasteiger partial charge in [-0.15, -0.1) is 0 Å². The van der Waals surface area contributed by atoms with E-state index in [1.54, 1.807) is 0 Å². The third-order valence-corrected chi connectivity index (χ3v) is 4.76. The highest BCUT2D eigenvalue weighted by Gasteiger charge is 2.38. The SMILES string of the molecule is O=C(c1c[nH]c2ccccc12)N1CCCC2CNCC21. The minimum absolute atomic E-state index is 0.181. The van der Waals surface area contributed by atoms with E-state index < -0.39 is 0 Å². The van der Waals surface area contributed by atoms with Crippen LogP contribution in [0, 0.1) is 5.92 Å². The Morgan fingerprint density at radius 1 is 1.25 bits per heavy atom. The molecule has 3 heterocycles. The van der Waals surface area contributed by atoms with Gasteiger partial charge in [0, 0.05) is 42.8 Å². The molecule has 0 aliphatic carbocycles. The van der Waals surface area contributed by atoms with Crippen molar-refractivity contribution in [3.8, 4) is 0 Å². The number of benzene rings is 1. The lowest BCUT2D eigenvalue weighted by Gasteiger charge is -2.37. The van der Waals surface area contributed by atoms with Crippen LogP contribution in [0.2, 0.25) is 0 Å². The molecule has 2 saturated heterocycles. The maximum atomic E-state index is 12.9. The molecule has 104 valence electrons. The van der Waals surface area contributed by atoms with Crippen LogP contribution in [-0.2, 0) is 0 Å². The lowest BCUT2D eigenvalue weighted by Crippen LogP contribution is -2.48. The van der Waals surface area contributed by atoms with Gasteiger partial charge in [-0.2, -0.15) is 0 Å². The first-order valence-electron chi connectivity index (χ1n) is 7.42. The van der Waals surface area contributed by atoms with Crippen molar-refractivity contribution in [3.05, 3.63) is 36.0 Å². The number of hydrogen-bond acceptors (Lipinski definition) is 2. The van der Waals surface area contributed by atoms with Gasteiger partial charge in [0.05, 0.1) is 5.56 Å². The standard InChI is InChI=1S/C16H19N3O/c20-16(13-9-18-14-6-2-1-5-12(13)14)19-7-3-4-11-8-17-10-15(11)19/h1-2,5-6,9,11,15,17-18H,3-4,7-8,10H2. The third-order valence-electron chi connectivity index (χ3n) is 4.76. The number of nitrogens with one attached hydrogen (secondary N) is 2. The largest absolute Gasteiger partial charge is 0.360 e. The molecule has 4 heteroatoms. The molecule has 1 amide bonds. The van der Waals surface area contributed by atoms with Crippen LogP contribution >= 0.6 is 0 Å². The molecular weight excluding hydrogens is 250 g/mol. The summed E-state index contributed by atoms with van der Waals surface area (Å²) in [6.07, 6.45) is 4.23. The fraction of sp³-hybridized carbons (Fsp3) is 0.438. The van der Waals surface area contributed by atoms with Crippen LogP contribution < -0.4 is 5.32 Å². The highest BCUT2D eigenvalue weighted by Crippen LogP contribution is 2.29. The van der Waals surface area contributed by atoms with Crippen LogP contribution in [0.4, 0.5) is 0 Å². The van der Waals surface area contributed by atoms with Crippen molar-refractivity contribution in [1.82, 2.24) is 15.2 Å². The molecule has 2 N–H and O–H groups in total. The van der Waals surface area contributed by atoms with Gasteiger partial charge < -0.3 is 15.2 Å². The van der Waals surface area contributed by atoms with Crippen molar-refractivity contribution in [2.75, 3.05) is 19.6 Å². The number of rotatable bonds is 1. The molecule has 2 aliphatic rings. The van der Waals surface area contributed by atoms with Crippen molar-refractivity contribution in [1.29, 1.82) is 0 Å². The fourth-order valence-corrected chi connectivity index (χ4v) is 3.72. The molecule has 1 aromatic heterocycles. The average molecular weight is 269 g/mol. The van der Waals surface area contributed by atoms with E-state index in [9.17, 15) is 4.79 Å². The van der Waals surface area contributed by atoms with Crippen molar-refractivity contribution in [2.24, 2.45) is 5.92 Å². The summed E-state index contributed by atoms with van der Waals surface area (Å²) >= 11 is 0. The van der Waals surface area contributed by atoms with Crippen LogP contribution in [0.3, 0.4) is 0 Å². The second-order valence-electron chi connectivity index (χ2n) is 5.87. The Hall–Kier alpha value is -1.81. The number of aromatic nitrogens is 1. The predicted molar refractivity (Wildman–Crippen MR) is 78.7 cm³/mol. The first-order chi connectivity index (χ1) is 9.84. The fourth-order valence-electron chi connectivity index (χ4n) is 3.72. The molecule has 0 saturated carbocycles. The molecule has 2 aromatic rings. The van der Waals surface area contributed by atoms with Gasteiger partial charge in [-0.25, -0.2) is 0 Å². The van der Waals surface area contributed by atoms with Gasteiger partial charge in [0.1, 0.15) is 0 Å². The van der Waals surface area contributed by atoms with Gasteiger partial charge in [-0.1, -0.05) is 18.2 Å². The molecule has 20 heavy (non-hydrogen) atoms. The number of carbonyl (C=O) groups is 1. The normalized spacial score (nSPS) is 25.9. The zero-order valence-electron chi connectivity index (χ0n) is 11.4. The van der Waals surface area contributed by atoms with E-state index in [4.69, 9.17) is 0 Å². The number of carbonyl (C=O) groups excluding carboxylic acids is 1. The van der Waals surface area contributed by atoms with Crippen molar-refractivity contribution < 1.29 is 4.79 Å². The van der Waals surface area contributed by atoms with E-state index >= 15 is 0 Å². The molecule has 2 fully saturated rings.